The number of rotatable bonds is 3. The molecule has 0 saturated heterocycles. The van der Waals surface area contributed by atoms with Crippen molar-refractivity contribution in [2.45, 2.75) is 69.9 Å². The largest absolute Gasteiger partial charge is 0.147 e. The minimum Gasteiger partial charge on any atom is -0.147 e. The van der Waals surface area contributed by atoms with Crippen LogP contribution in [0.5, 0.6) is 0 Å². The first kappa shape index (κ1) is 30.0. The third-order valence-corrected chi connectivity index (χ3v) is 23.1. The summed E-state index contributed by atoms with van der Waals surface area (Å²) >= 11 is -3.34. The maximum atomic E-state index is 2.74. The molecule has 3 aromatic carbocycles. The zero-order chi connectivity index (χ0) is 25.0. The molecule has 0 heterocycles. The van der Waals surface area contributed by atoms with Gasteiger partial charge in [0.05, 0.1) is 0 Å². The van der Waals surface area contributed by atoms with Crippen LogP contribution in [0.2, 0.25) is 4.68 Å². The standard InChI is InChI=1S/C21H25.C7H6.C5H5.CH3.2ClH.Hf/c1-20(2,3)16-7-9-18-14(12-16)11-15-13-17(21(4,5)6)8-10-19(15)18;1-7-5-3-2-4-6-7;1-2-4-5-3-1;;;;/h7-10,12H,11H2,1-6H3;1-6H;1-3H,4H2;1H3;2*1H;. The van der Waals surface area contributed by atoms with Crippen molar-refractivity contribution in [2.75, 3.05) is 0 Å². The molecule has 0 radical (unpaired) electrons. The summed E-state index contributed by atoms with van der Waals surface area (Å²) in [5.74, 6) is 0. The van der Waals surface area contributed by atoms with Gasteiger partial charge in [-0.2, -0.15) is 0 Å². The second-order valence-electron chi connectivity index (χ2n) is 12.6. The van der Waals surface area contributed by atoms with Crippen molar-refractivity contribution in [3.8, 4) is 11.1 Å². The van der Waals surface area contributed by atoms with Gasteiger partial charge in [0, 0.05) is 0 Å². The predicted octanol–water partition coefficient (Wildman–Crippen LogP) is 9.22. The van der Waals surface area contributed by atoms with E-state index in [9.17, 15) is 0 Å². The summed E-state index contributed by atoms with van der Waals surface area (Å²) in [6.07, 6.45) is 9.27. The molecule has 1 unspecified atom stereocenters. The van der Waals surface area contributed by atoms with Crippen molar-refractivity contribution >= 4 is 31.9 Å². The molecule has 3 aromatic rings. The Morgan fingerprint density at radius 2 is 1.46 bits per heavy atom. The zero-order valence-electron chi connectivity index (χ0n) is 23.3. The van der Waals surface area contributed by atoms with Gasteiger partial charge >= 0.3 is 218 Å². The van der Waals surface area contributed by atoms with Crippen LogP contribution in [0.1, 0.15) is 75.8 Å². The van der Waals surface area contributed by atoms with Crippen LogP contribution in [0.3, 0.4) is 0 Å². The van der Waals surface area contributed by atoms with E-state index < -0.39 is 19.5 Å². The minimum absolute atomic E-state index is 0. The molecule has 0 saturated carbocycles. The fourth-order valence-electron chi connectivity index (χ4n) is 6.00. The average Bonchev–Trinajstić information content (AvgIpc) is 3.46. The summed E-state index contributed by atoms with van der Waals surface area (Å²) in [5, 5.41) is 0. The molecular weight excluding hydrogens is 658 g/mol. The van der Waals surface area contributed by atoms with E-state index in [1.165, 1.54) is 27.8 Å². The number of benzene rings is 3. The number of halogens is 2. The molecule has 195 valence electrons. The fourth-order valence-corrected chi connectivity index (χ4v) is 21.7. The first-order valence-corrected chi connectivity index (χ1v) is 22.3. The summed E-state index contributed by atoms with van der Waals surface area (Å²) in [6, 6.07) is 23.2. The van der Waals surface area contributed by atoms with Gasteiger partial charge in [0.2, 0.25) is 0 Å². The van der Waals surface area contributed by atoms with E-state index in [4.69, 9.17) is 0 Å². The molecular formula is C34H41Cl2Hf. The van der Waals surface area contributed by atoms with Gasteiger partial charge in [-0.1, -0.05) is 0 Å². The number of fused-ring (bicyclic) bond motifs is 3. The van der Waals surface area contributed by atoms with E-state index in [0.717, 1.165) is 12.8 Å². The van der Waals surface area contributed by atoms with E-state index in [1.54, 1.807) is 17.8 Å². The summed E-state index contributed by atoms with van der Waals surface area (Å²) in [5.41, 5.74) is 10.7. The summed E-state index contributed by atoms with van der Waals surface area (Å²) < 4.78 is 8.84. The van der Waals surface area contributed by atoms with Crippen molar-refractivity contribution in [2.24, 2.45) is 0 Å². The molecule has 5 rings (SSSR count). The van der Waals surface area contributed by atoms with Crippen molar-refractivity contribution in [1.29, 1.82) is 0 Å². The molecule has 0 aliphatic heterocycles. The van der Waals surface area contributed by atoms with Crippen LogP contribution in [-0.4, -0.2) is 3.76 Å². The average molecular weight is 699 g/mol. The van der Waals surface area contributed by atoms with Crippen LogP contribution in [-0.2, 0) is 36.7 Å². The van der Waals surface area contributed by atoms with Crippen molar-refractivity contribution < 1.29 is 19.5 Å². The van der Waals surface area contributed by atoms with Crippen molar-refractivity contribution in [3.05, 3.63) is 110 Å². The Kier molecular flexibility index (Phi) is 8.85. The van der Waals surface area contributed by atoms with Gasteiger partial charge in [-0.3, -0.25) is 0 Å². The van der Waals surface area contributed by atoms with Crippen LogP contribution < -0.4 is 3.32 Å². The van der Waals surface area contributed by atoms with E-state index >= 15 is 0 Å². The molecule has 1 atom stereocenters. The normalized spacial score (nSPS) is 15.6. The summed E-state index contributed by atoms with van der Waals surface area (Å²) in [6.45, 7) is 14.2. The monoisotopic (exact) mass is 699 g/mol. The van der Waals surface area contributed by atoms with Gasteiger partial charge in [-0.05, 0) is 0 Å². The van der Waals surface area contributed by atoms with Gasteiger partial charge in [0.1, 0.15) is 0 Å². The SMILES string of the molecule is CC(C)(C)c1ccc2c(c1)Cc1c-2ccc(C(C)(C)C)[c]1[Hf]([CH3])(=[CH]c1ccccc1)[C]1=CC=CC1.Cl.Cl. The molecule has 0 aromatic heterocycles. The molecule has 2 aliphatic carbocycles. The molecule has 37 heavy (non-hydrogen) atoms. The van der Waals surface area contributed by atoms with Crippen molar-refractivity contribution in [3.63, 3.8) is 0 Å². The zero-order valence-corrected chi connectivity index (χ0v) is 28.5. The Labute approximate surface area is 240 Å². The van der Waals surface area contributed by atoms with E-state index in [0.29, 0.717) is 0 Å². The maximum absolute atomic E-state index is 3.34. The van der Waals surface area contributed by atoms with Crippen LogP contribution in [0, 0.1) is 0 Å². The topological polar surface area (TPSA) is 0 Å². The van der Waals surface area contributed by atoms with E-state index in [2.05, 4.69) is 129 Å². The smallest absolute Gasteiger partial charge is 0.147 e. The number of hydrogen-bond acceptors (Lipinski definition) is 0. The molecule has 0 spiro atoms. The van der Waals surface area contributed by atoms with Crippen LogP contribution >= 0.6 is 24.8 Å². The van der Waals surface area contributed by atoms with E-state index in [-0.39, 0.29) is 35.6 Å². The Balaban J connectivity index is 0.00000190. The van der Waals surface area contributed by atoms with Crippen LogP contribution in [0.25, 0.3) is 11.1 Å². The first-order valence-electron chi connectivity index (χ1n) is 13.1. The third-order valence-electron chi connectivity index (χ3n) is 7.96. The minimum atomic E-state index is -3.34. The molecule has 0 nitrogen and oxygen atoms in total. The predicted molar refractivity (Wildman–Crippen MR) is 166 cm³/mol. The molecule has 0 fully saturated rings. The second-order valence-corrected chi connectivity index (χ2v) is 26.4. The molecule has 2 aliphatic rings. The third kappa shape index (κ3) is 5.61. The quantitative estimate of drug-likeness (QED) is 0.187. The maximum Gasteiger partial charge on any atom is -0.147 e. The van der Waals surface area contributed by atoms with E-state index in [1.807, 2.05) is 0 Å². The number of allylic oxidation sites excluding steroid dienone is 4. The molecule has 0 bridgehead atoms. The number of hydrogen-bond donors (Lipinski definition) is 0. The summed E-state index contributed by atoms with van der Waals surface area (Å²) in [7, 11) is 0. The molecule has 0 N–H and O–H groups in total. The Morgan fingerprint density at radius 3 is 2.05 bits per heavy atom. The van der Waals surface area contributed by atoms with Gasteiger partial charge in [0.25, 0.3) is 0 Å². The van der Waals surface area contributed by atoms with Crippen molar-refractivity contribution in [1.82, 2.24) is 0 Å². The first-order chi connectivity index (χ1) is 16.5. The summed E-state index contributed by atoms with van der Waals surface area (Å²) in [4.78, 5) is 0. The van der Waals surface area contributed by atoms with Gasteiger partial charge in [-0.15, -0.1) is 24.8 Å². The Hall–Kier alpha value is -1.54. The Morgan fingerprint density at radius 1 is 0.784 bits per heavy atom. The van der Waals surface area contributed by atoms with Crippen LogP contribution in [0.4, 0.5) is 0 Å². The second kappa shape index (κ2) is 10.9. The van der Waals surface area contributed by atoms with Gasteiger partial charge in [0.15, 0.2) is 0 Å². The Bertz CT molecular complexity index is 1410. The van der Waals surface area contributed by atoms with Gasteiger partial charge in [-0.25, -0.2) is 0 Å². The molecule has 3 heteroatoms. The van der Waals surface area contributed by atoms with Crippen LogP contribution in [0.15, 0.2) is 82.2 Å². The molecule has 0 amide bonds. The fraction of sp³-hybridized carbons (Fsp3) is 0.324. The van der Waals surface area contributed by atoms with Gasteiger partial charge < -0.3 is 0 Å².